The number of likely N-dealkylation sites (N-methyl/N-ethyl adjacent to an activating group) is 1. The van der Waals surface area contributed by atoms with Gasteiger partial charge in [-0.15, -0.1) is 0 Å². The van der Waals surface area contributed by atoms with Crippen LogP contribution >= 0.6 is 11.6 Å². The number of hydrogen-bond acceptors (Lipinski definition) is 7. The van der Waals surface area contributed by atoms with Gasteiger partial charge in [-0.3, -0.25) is 4.79 Å². The molecule has 1 aliphatic heterocycles. The molecule has 2 aromatic carbocycles. The molecule has 3 aromatic rings. The molecule has 1 amide bonds. The summed E-state index contributed by atoms with van der Waals surface area (Å²) in [4.78, 5) is 25.9. The van der Waals surface area contributed by atoms with E-state index in [0.29, 0.717) is 35.8 Å². The molecule has 1 saturated heterocycles. The van der Waals surface area contributed by atoms with Gasteiger partial charge in [-0.2, -0.15) is 0 Å². The molecule has 0 aliphatic carbocycles. The number of nitrogens with one attached hydrogen (secondary N) is 1. The predicted octanol–water partition coefficient (Wildman–Crippen LogP) is 3.75. The highest BCUT2D eigenvalue weighted by atomic mass is 35.5. The second-order valence-electron chi connectivity index (χ2n) is 9.32. The topological polar surface area (TPSA) is 90.8 Å². The monoisotopic (exact) mass is 535 g/mol. The molecule has 8 nitrogen and oxygen atoms in total. The second-order valence-corrected chi connectivity index (χ2v) is 9.73. The summed E-state index contributed by atoms with van der Waals surface area (Å²) in [6, 6.07) is 14.0. The summed E-state index contributed by atoms with van der Waals surface area (Å²) in [7, 11) is 3.85. The summed E-state index contributed by atoms with van der Waals surface area (Å²) in [6.07, 6.45) is 6.24. The Morgan fingerprint density at radius 1 is 1.16 bits per heavy atom. The average molecular weight is 536 g/mol. The highest BCUT2D eigenvalue weighted by Gasteiger charge is 2.17. The smallest absolute Gasteiger partial charge is 0.248 e. The van der Waals surface area contributed by atoms with E-state index in [-0.39, 0.29) is 12.5 Å². The maximum atomic E-state index is 11.9. The number of carbonyl (C=O) groups is 1. The van der Waals surface area contributed by atoms with Crippen LogP contribution in [0.1, 0.15) is 22.6 Å². The molecule has 38 heavy (non-hydrogen) atoms. The predicted molar refractivity (Wildman–Crippen MR) is 151 cm³/mol. The van der Waals surface area contributed by atoms with Crippen molar-refractivity contribution in [1.29, 1.82) is 0 Å². The van der Waals surface area contributed by atoms with Gasteiger partial charge in [0.1, 0.15) is 11.6 Å². The molecule has 1 aliphatic rings. The first-order valence-electron chi connectivity index (χ1n) is 12.7. The van der Waals surface area contributed by atoms with Gasteiger partial charge in [-0.1, -0.05) is 35.9 Å². The van der Waals surface area contributed by atoms with Gasteiger partial charge < -0.3 is 25.0 Å². The minimum absolute atomic E-state index is 0.177. The zero-order valence-electron chi connectivity index (χ0n) is 21.9. The minimum Gasteiger partial charge on any atom is -0.496 e. The van der Waals surface area contributed by atoms with Gasteiger partial charge in [0.05, 0.1) is 24.4 Å². The van der Waals surface area contributed by atoms with Gasteiger partial charge in [-0.25, -0.2) is 9.97 Å². The van der Waals surface area contributed by atoms with Gasteiger partial charge in [0.2, 0.25) is 5.91 Å². The van der Waals surface area contributed by atoms with Crippen molar-refractivity contribution >= 4 is 28.9 Å². The Balaban J connectivity index is 1.42. The number of methoxy groups -OCH3 is 1. The van der Waals surface area contributed by atoms with Crippen LogP contribution in [0.5, 0.6) is 5.75 Å². The third-order valence-corrected chi connectivity index (χ3v) is 6.89. The van der Waals surface area contributed by atoms with Crippen molar-refractivity contribution in [3.8, 4) is 5.75 Å². The van der Waals surface area contributed by atoms with E-state index in [0.717, 1.165) is 48.7 Å². The van der Waals surface area contributed by atoms with Gasteiger partial charge in [-0.05, 0) is 43.7 Å². The number of piperazine rings is 1. The van der Waals surface area contributed by atoms with Gasteiger partial charge in [0.25, 0.3) is 0 Å². The van der Waals surface area contributed by atoms with E-state index in [1.165, 1.54) is 17.8 Å². The summed E-state index contributed by atoms with van der Waals surface area (Å²) >= 11 is 6.45. The van der Waals surface area contributed by atoms with Crippen LogP contribution < -0.4 is 15.0 Å². The zero-order chi connectivity index (χ0) is 26.9. The molecule has 0 saturated carbocycles. The first-order valence-corrected chi connectivity index (χ1v) is 13.1. The first-order chi connectivity index (χ1) is 18.4. The third-order valence-electron chi connectivity index (χ3n) is 6.57. The summed E-state index contributed by atoms with van der Waals surface area (Å²) in [5.74, 6) is 1.23. The minimum atomic E-state index is -0.285. The molecule has 1 fully saturated rings. The van der Waals surface area contributed by atoms with Crippen LogP contribution in [0, 0.1) is 0 Å². The van der Waals surface area contributed by atoms with Crippen LogP contribution in [0.3, 0.4) is 0 Å². The molecule has 9 heteroatoms. The van der Waals surface area contributed by atoms with E-state index in [1.807, 2.05) is 24.3 Å². The van der Waals surface area contributed by atoms with Crippen LogP contribution in [-0.2, 0) is 24.1 Å². The molecule has 2 N–H and O–H groups in total. The number of nitrogens with zero attached hydrogens (tertiary/aromatic N) is 4. The van der Waals surface area contributed by atoms with Crippen molar-refractivity contribution in [2.75, 3.05) is 57.2 Å². The van der Waals surface area contributed by atoms with Crippen molar-refractivity contribution in [1.82, 2.24) is 14.9 Å². The Morgan fingerprint density at radius 2 is 1.97 bits per heavy atom. The molecule has 0 bridgehead atoms. The van der Waals surface area contributed by atoms with Crippen molar-refractivity contribution in [2.45, 2.75) is 19.3 Å². The number of halogens is 1. The number of rotatable bonds is 10. The molecule has 0 radical (unpaired) electrons. The second kappa shape index (κ2) is 13.4. The van der Waals surface area contributed by atoms with Gasteiger partial charge in [0.15, 0.2) is 0 Å². The van der Waals surface area contributed by atoms with Crippen molar-refractivity contribution in [3.63, 3.8) is 0 Å². The van der Waals surface area contributed by atoms with Crippen LogP contribution in [0.15, 0.2) is 60.8 Å². The van der Waals surface area contributed by atoms with E-state index in [9.17, 15) is 4.79 Å². The summed E-state index contributed by atoms with van der Waals surface area (Å²) in [5.41, 5.74) is 4.71. The SMILES string of the molecule is COc1cc(N2CCN(C)CC2)ccc1Cc1ncc(Cl)c(CCc2cccc(NC(=O)/C=C/CO)c2)n1. The lowest BCUT2D eigenvalue weighted by Crippen LogP contribution is -2.44. The van der Waals surface area contributed by atoms with E-state index < -0.39 is 0 Å². The number of ether oxygens (including phenoxy) is 1. The number of aromatic nitrogens is 2. The number of aliphatic hydroxyl groups is 1. The number of carbonyl (C=O) groups excluding carboxylic acids is 1. The van der Waals surface area contributed by atoms with E-state index >= 15 is 0 Å². The van der Waals surface area contributed by atoms with Crippen LogP contribution in [0.25, 0.3) is 0 Å². The number of aryl methyl sites for hydroxylation is 2. The Kier molecular flexibility index (Phi) is 9.70. The molecule has 0 atom stereocenters. The number of hydrogen-bond donors (Lipinski definition) is 2. The average Bonchev–Trinajstić information content (AvgIpc) is 2.93. The van der Waals surface area contributed by atoms with Crippen LogP contribution in [0.2, 0.25) is 5.02 Å². The summed E-state index contributed by atoms with van der Waals surface area (Å²) in [6.45, 7) is 3.92. The van der Waals surface area contributed by atoms with Crippen molar-refractivity contribution < 1.29 is 14.6 Å². The third kappa shape index (κ3) is 7.54. The maximum absolute atomic E-state index is 11.9. The molecule has 2 heterocycles. The Labute approximate surface area is 228 Å². The lowest BCUT2D eigenvalue weighted by molar-refractivity contribution is -0.111. The number of benzene rings is 2. The highest BCUT2D eigenvalue weighted by molar-refractivity contribution is 6.31. The highest BCUT2D eigenvalue weighted by Crippen LogP contribution is 2.28. The van der Waals surface area contributed by atoms with E-state index in [1.54, 1.807) is 13.3 Å². The lowest BCUT2D eigenvalue weighted by atomic mass is 10.1. The van der Waals surface area contributed by atoms with Crippen molar-refractivity contribution in [2.24, 2.45) is 0 Å². The van der Waals surface area contributed by atoms with Crippen LogP contribution in [-0.4, -0.2) is 72.8 Å². The molecule has 4 rings (SSSR count). The molecule has 0 unspecified atom stereocenters. The molecule has 200 valence electrons. The van der Waals surface area contributed by atoms with E-state index in [4.69, 9.17) is 26.4 Å². The summed E-state index contributed by atoms with van der Waals surface area (Å²) in [5, 5.41) is 12.2. The standard InChI is InChI=1S/C29H34ClN5O3/c1-34-12-14-35(15-13-34)24-10-9-22(27(19-24)38-2)18-28-31-20-25(30)26(33-28)11-8-21-5-3-6-23(17-21)32-29(37)7-4-16-36/h3-7,9-10,17,19-20,36H,8,11-16,18H2,1-2H3,(H,32,37)/b7-4+. The normalized spacial score (nSPS) is 14.2. The van der Waals surface area contributed by atoms with Gasteiger partial charge >= 0.3 is 0 Å². The quantitative estimate of drug-likeness (QED) is 0.382. The fourth-order valence-corrected chi connectivity index (χ4v) is 4.61. The summed E-state index contributed by atoms with van der Waals surface area (Å²) < 4.78 is 5.72. The number of aliphatic hydroxyl groups excluding tert-OH is 1. The number of anilines is 2. The van der Waals surface area contributed by atoms with Crippen LogP contribution in [0.4, 0.5) is 11.4 Å². The molecular weight excluding hydrogens is 502 g/mol. The Morgan fingerprint density at radius 3 is 2.74 bits per heavy atom. The molecular formula is C29H34ClN5O3. The molecule has 1 aromatic heterocycles. The lowest BCUT2D eigenvalue weighted by Gasteiger charge is -2.34. The zero-order valence-corrected chi connectivity index (χ0v) is 22.6. The maximum Gasteiger partial charge on any atom is 0.248 e. The Hall–Kier alpha value is -3.46. The van der Waals surface area contributed by atoms with E-state index in [2.05, 4.69) is 45.3 Å². The fraction of sp³-hybridized carbons (Fsp3) is 0.345. The molecule has 0 spiro atoms. The Bertz CT molecular complexity index is 1270. The largest absolute Gasteiger partial charge is 0.496 e. The first kappa shape index (κ1) is 27.6. The van der Waals surface area contributed by atoms with Gasteiger partial charge in [0, 0.05) is 67.9 Å². The number of amides is 1. The fourth-order valence-electron chi connectivity index (χ4n) is 4.43. The van der Waals surface area contributed by atoms with Crippen molar-refractivity contribution in [3.05, 3.63) is 88.5 Å².